The summed E-state index contributed by atoms with van der Waals surface area (Å²) < 4.78 is 1.04. The topological polar surface area (TPSA) is 55.2 Å². The number of nitro benzene ring substituents is 1. The van der Waals surface area contributed by atoms with Crippen molar-refractivity contribution in [2.24, 2.45) is 5.92 Å². The van der Waals surface area contributed by atoms with E-state index in [9.17, 15) is 10.1 Å². The average molecular weight is 399 g/mol. The quantitative estimate of drug-likeness (QED) is 0.395. The Balaban J connectivity index is 1.94. The molecule has 1 heterocycles. The molecule has 2 aromatic rings. The summed E-state index contributed by atoms with van der Waals surface area (Å²) in [5, 5.41) is 15.2. The van der Waals surface area contributed by atoms with Crippen molar-refractivity contribution in [2.45, 2.75) is 32.2 Å². The van der Waals surface area contributed by atoms with Gasteiger partial charge in [-0.3, -0.25) is 10.1 Å². The molecule has 1 N–H and O–H groups in total. The Bertz CT molecular complexity index is 907. The molecular formula is C20H19BrN2O2. The summed E-state index contributed by atoms with van der Waals surface area (Å²) in [6, 6.07) is 9.86. The van der Waals surface area contributed by atoms with E-state index in [4.69, 9.17) is 0 Å². The lowest BCUT2D eigenvalue weighted by molar-refractivity contribution is -0.384. The van der Waals surface area contributed by atoms with Crippen LogP contribution >= 0.6 is 15.9 Å². The van der Waals surface area contributed by atoms with Crippen LogP contribution in [0, 0.1) is 29.9 Å². The number of nitrogens with zero attached hydrogens (tertiary/aromatic N) is 1. The average Bonchev–Trinajstić information content (AvgIpc) is 3.07. The fourth-order valence-corrected chi connectivity index (χ4v) is 4.79. The highest BCUT2D eigenvalue weighted by atomic mass is 79.9. The first-order valence-electron chi connectivity index (χ1n) is 8.45. The molecule has 2 aromatic carbocycles. The van der Waals surface area contributed by atoms with Gasteiger partial charge in [0.25, 0.3) is 5.69 Å². The third-order valence-electron chi connectivity index (χ3n) is 5.59. The van der Waals surface area contributed by atoms with E-state index in [1.54, 1.807) is 6.07 Å². The number of rotatable bonds is 2. The minimum absolute atomic E-state index is 0.0453. The number of hydrogen-bond donors (Lipinski definition) is 1. The summed E-state index contributed by atoms with van der Waals surface area (Å²) >= 11 is 3.65. The number of nitro groups is 1. The maximum absolute atomic E-state index is 11.7. The van der Waals surface area contributed by atoms with Gasteiger partial charge in [0.1, 0.15) is 5.69 Å². The van der Waals surface area contributed by atoms with Crippen LogP contribution < -0.4 is 5.32 Å². The number of benzene rings is 2. The standard InChI is InChI=1S/C20H19BrN2O2/c1-11-10-17(23(24)25)20-18(12(11)2)13-7-5-8-14(13)19(22-20)15-6-3-4-9-16(15)21/h3-7,9-10,13-14,19,22H,8H2,1-2H3. The molecule has 4 rings (SSSR count). The number of anilines is 1. The van der Waals surface area contributed by atoms with Crippen LogP contribution in [-0.2, 0) is 0 Å². The highest BCUT2D eigenvalue weighted by molar-refractivity contribution is 9.10. The number of hydrogen-bond acceptors (Lipinski definition) is 3. The molecule has 0 amide bonds. The predicted octanol–water partition coefficient (Wildman–Crippen LogP) is 5.80. The Morgan fingerprint density at radius 2 is 2.04 bits per heavy atom. The van der Waals surface area contributed by atoms with Gasteiger partial charge < -0.3 is 5.32 Å². The van der Waals surface area contributed by atoms with Crippen LogP contribution in [0.15, 0.2) is 47.0 Å². The summed E-state index contributed by atoms with van der Waals surface area (Å²) in [4.78, 5) is 11.4. The Labute approximate surface area is 155 Å². The zero-order chi connectivity index (χ0) is 17.7. The van der Waals surface area contributed by atoms with Gasteiger partial charge in [0.05, 0.1) is 11.0 Å². The summed E-state index contributed by atoms with van der Waals surface area (Å²) in [6.45, 7) is 4.03. The van der Waals surface area contributed by atoms with Crippen LogP contribution in [0.1, 0.15) is 40.6 Å². The number of halogens is 1. The Kier molecular flexibility index (Phi) is 3.91. The monoisotopic (exact) mass is 398 g/mol. The van der Waals surface area contributed by atoms with Crippen LogP contribution in [-0.4, -0.2) is 4.92 Å². The van der Waals surface area contributed by atoms with Crippen LogP contribution in [0.2, 0.25) is 0 Å². The van der Waals surface area contributed by atoms with E-state index < -0.39 is 0 Å². The van der Waals surface area contributed by atoms with Crippen molar-refractivity contribution < 1.29 is 4.92 Å². The molecule has 0 saturated heterocycles. The maximum atomic E-state index is 11.7. The lowest BCUT2D eigenvalue weighted by Crippen LogP contribution is -2.30. The van der Waals surface area contributed by atoms with Gasteiger partial charge in [-0.15, -0.1) is 0 Å². The lowest BCUT2D eigenvalue weighted by Gasteiger charge is -2.38. The van der Waals surface area contributed by atoms with E-state index in [0.717, 1.165) is 33.1 Å². The first-order chi connectivity index (χ1) is 12.0. The van der Waals surface area contributed by atoms with Gasteiger partial charge in [-0.1, -0.05) is 46.3 Å². The third kappa shape index (κ3) is 2.49. The Morgan fingerprint density at radius 3 is 2.76 bits per heavy atom. The Morgan fingerprint density at radius 1 is 1.28 bits per heavy atom. The van der Waals surface area contributed by atoms with Crippen LogP contribution in [0.25, 0.3) is 0 Å². The van der Waals surface area contributed by atoms with Crippen molar-refractivity contribution in [3.8, 4) is 0 Å². The number of aryl methyl sites for hydroxylation is 1. The number of fused-ring (bicyclic) bond motifs is 3. The molecule has 2 aliphatic rings. The van der Waals surface area contributed by atoms with Crippen molar-refractivity contribution in [3.63, 3.8) is 0 Å². The molecular weight excluding hydrogens is 380 g/mol. The highest BCUT2D eigenvalue weighted by Gasteiger charge is 2.42. The van der Waals surface area contributed by atoms with E-state index in [-0.39, 0.29) is 22.6 Å². The smallest absolute Gasteiger partial charge is 0.292 e. The van der Waals surface area contributed by atoms with Crippen molar-refractivity contribution in [1.29, 1.82) is 0 Å². The van der Waals surface area contributed by atoms with Gasteiger partial charge in [0, 0.05) is 16.5 Å². The molecule has 25 heavy (non-hydrogen) atoms. The first kappa shape index (κ1) is 16.3. The van der Waals surface area contributed by atoms with Gasteiger partial charge in [-0.2, -0.15) is 0 Å². The van der Waals surface area contributed by atoms with Crippen LogP contribution in [0.5, 0.6) is 0 Å². The number of nitrogens with one attached hydrogen (secondary N) is 1. The summed E-state index contributed by atoms with van der Waals surface area (Å²) in [6.07, 6.45) is 5.41. The molecule has 1 aliphatic heterocycles. The molecule has 128 valence electrons. The van der Waals surface area contributed by atoms with Gasteiger partial charge in [-0.25, -0.2) is 0 Å². The molecule has 0 fully saturated rings. The first-order valence-corrected chi connectivity index (χ1v) is 9.24. The largest absolute Gasteiger partial charge is 0.372 e. The van der Waals surface area contributed by atoms with E-state index in [1.807, 2.05) is 25.1 Å². The predicted molar refractivity (Wildman–Crippen MR) is 103 cm³/mol. The second kappa shape index (κ2) is 5.99. The summed E-state index contributed by atoms with van der Waals surface area (Å²) in [5.41, 5.74) is 5.23. The number of allylic oxidation sites excluding steroid dienone is 2. The summed E-state index contributed by atoms with van der Waals surface area (Å²) in [7, 11) is 0. The minimum Gasteiger partial charge on any atom is -0.372 e. The Hall–Kier alpha value is -2.14. The molecule has 0 bridgehead atoms. The zero-order valence-corrected chi connectivity index (χ0v) is 15.7. The SMILES string of the molecule is Cc1cc([N+](=O)[O-])c2c(c1C)C1C=CCC1C(c1ccccc1Br)N2. The van der Waals surface area contributed by atoms with Gasteiger partial charge >= 0.3 is 0 Å². The van der Waals surface area contributed by atoms with Crippen molar-refractivity contribution >= 4 is 27.3 Å². The normalized spacial score (nSPS) is 23.7. The molecule has 0 spiro atoms. The molecule has 0 aromatic heterocycles. The van der Waals surface area contributed by atoms with Crippen LogP contribution in [0.4, 0.5) is 11.4 Å². The molecule has 0 saturated carbocycles. The van der Waals surface area contributed by atoms with Crippen molar-refractivity contribution in [2.75, 3.05) is 5.32 Å². The van der Waals surface area contributed by atoms with Crippen molar-refractivity contribution in [1.82, 2.24) is 0 Å². The van der Waals surface area contributed by atoms with Crippen molar-refractivity contribution in [3.05, 3.63) is 79.3 Å². The molecule has 4 nitrogen and oxygen atoms in total. The molecule has 5 heteroatoms. The zero-order valence-electron chi connectivity index (χ0n) is 14.1. The van der Waals surface area contributed by atoms with E-state index in [2.05, 4.69) is 46.4 Å². The van der Waals surface area contributed by atoms with E-state index >= 15 is 0 Å². The van der Waals surface area contributed by atoms with Gasteiger partial charge in [-0.05, 0) is 54.5 Å². The minimum atomic E-state index is -0.269. The molecule has 3 unspecified atom stereocenters. The third-order valence-corrected chi connectivity index (χ3v) is 6.31. The highest BCUT2D eigenvalue weighted by Crippen LogP contribution is 2.54. The second-order valence-electron chi connectivity index (χ2n) is 6.88. The maximum Gasteiger partial charge on any atom is 0.292 e. The molecule has 3 atom stereocenters. The second-order valence-corrected chi connectivity index (χ2v) is 7.73. The molecule has 0 radical (unpaired) electrons. The fourth-order valence-electron chi connectivity index (χ4n) is 4.26. The van der Waals surface area contributed by atoms with Gasteiger partial charge in [0.15, 0.2) is 0 Å². The fraction of sp³-hybridized carbons (Fsp3) is 0.300. The van der Waals surface area contributed by atoms with E-state index in [0.29, 0.717) is 11.6 Å². The lowest BCUT2D eigenvalue weighted by atomic mass is 9.74. The van der Waals surface area contributed by atoms with Gasteiger partial charge in [0.2, 0.25) is 0 Å². The summed E-state index contributed by atoms with van der Waals surface area (Å²) in [5.74, 6) is 0.582. The van der Waals surface area contributed by atoms with E-state index in [1.165, 1.54) is 0 Å². The van der Waals surface area contributed by atoms with Crippen LogP contribution in [0.3, 0.4) is 0 Å². The molecule has 1 aliphatic carbocycles.